The molecule has 0 aliphatic heterocycles. The standard InChI is InChI=1S/C12H14BrNO4S/c1-8(2)5-6-14-19(17,18)9-3-4-11(13)10(7-9)12(15)16/h3-5,7,14H,6H2,1-2H3,(H,15,16). The van der Waals surface area contributed by atoms with Crippen LogP contribution in [0.1, 0.15) is 24.2 Å². The summed E-state index contributed by atoms with van der Waals surface area (Å²) in [5, 5.41) is 8.95. The Morgan fingerprint density at radius 1 is 1.42 bits per heavy atom. The van der Waals surface area contributed by atoms with Crippen LogP contribution >= 0.6 is 15.9 Å². The summed E-state index contributed by atoms with van der Waals surface area (Å²) in [7, 11) is -3.71. The minimum atomic E-state index is -3.71. The summed E-state index contributed by atoms with van der Waals surface area (Å²) in [6.45, 7) is 3.88. The zero-order valence-electron chi connectivity index (χ0n) is 10.5. The van der Waals surface area contributed by atoms with Crippen LogP contribution in [0.15, 0.2) is 39.2 Å². The molecule has 0 aliphatic rings. The number of carbonyl (C=O) groups is 1. The average Bonchev–Trinajstić information content (AvgIpc) is 2.27. The van der Waals surface area contributed by atoms with E-state index in [0.717, 1.165) is 11.6 Å². The molecule has 5 nitrogen and oxygen atoms in total. The molecule has 0 saturated carbocycles. The first-order chi connectivity index (χ1) is 8.74. The van der Waals surface area contributed by atoms with Crippen molar-refractivity contribution in [3.63, 3.8) is 0 Å². The van der Waals surface area contributed by atoms with Crippen LogP contribution in [0.3, 0.4) is 0 Å². The van der Waals surface area contributed by atoms with Gasteiger partial charge in [0, 0.05) is 11.0 Å². The average molecular weight is 348 g/mol. The molecule has 0 aliphatic carbocycles. The summed E-state index contributed by atoms with van der Waals surface area (Å²) < 4.78 is 26.6. The fourth-order valence-electron chi connectivity index (χ4n) is 1.27. The molecule has 2 N–H and O–H groups in total. The second-order valence-electron chi connectivity index (χ2n) is 4.08. The van der Waals surface area contributed by atoms with Gasteiger partial charge in [-0.25, -0.2) is 17.9 Å². The lowest BCUT2D eigenvalue weighted by Crippen LogP contribution is -2.24. The van der Waals surface area contributed by atoms with Gasteiger partial charge in [-0.1, -0.05) is 11.6 Å². The minimum absolute atomic E-state index is 0.0738. The van der Waals surface area contributed by atoms with E-state index in [1.165, 1.54) is 12.1 Å². The zero-order valence-corrected chi connectivity index (χ0v) is 12.9. The number of sulfonamides is 1. The van der Waals surface area contributed by atoms with E-state index >= 15 is 0 Å². The smallest absolute Gasteiger partial charge is 0.336 e. The van der Waals surface area contributed by atoms with Crippen molar-refractivity contribution in [3.05, 3.63) is 39.9 Å². The molecule has 0 radical (unpaired) electrons. The third-order valence-electron chi connectivity index (χ3n) is 2.26. The SMILES string of the molecule is CC(C)=CCNS(=O)(=O)c1ccc(Br)c(C(=O)O)c1. The first-order valence-corrected chi connectivity index (χ1v) is 7.67. The molecule has 0 amide bonds. The minimum Gasteiger partial charge on any atom is -0.478 e. The summed E-state index contributed by atoms with van der Waals surface area (Å²) in [5.74, 6) is -1.19. The van der Waals surface area contributed by atoms with Crippen LogP contribution in [0.25, 0.3) is 0 Å². The molecule has 1 aromatic carbocycles. The highest BCUT2D eigenvalue weighted by Gasteiger charge is 2.17. The van der Waals surface area contributed by atoms with Crippen molar-refractivity contribution in [1.82, 2.24) is 4.72 Å². The number of hydrogen-bond acceptors (Lipinski definition) is 3. The molecule has 0 heterocycles. The van der Waals surface area contributed by atoms with E-state index in [1.807, 2.05) is 13.8 Å². The van der Waals surface area contributed by atoms with Crippen molar-refractivity contribution in [1.29, 1.82) is 0 Å². The van der Waals surface area contributed by atoms with Crippen molar-refractivity contribution < 1.29 is 18.3 Å². The zero-order chi connectivity index (χ0) is 14.6. The van der Waals surface area contributed by atoms with Crippen LogP contribution in [0, 0.1) is 0 Å². The molecule has 0 unspecified atom stereocenters. The van der Waals surface area contributed by atoms with Crippen LogP contribution in [0.5, 0.6) is 0 Å². The van der Waals surface area contributed by atoms with E-state index < -0.39 is 16.0 Å². The molecular weight excluding hydrogens is 334 g/mol. The summed E-state index contributed by atoms with van der Waals surface area (Å²) in [5.41, 5.74) is 0.898. The molecular formula is C12H14BrNO4S. The highest BCUT2D eigenvalue weighted by atomic mass is 79.9. The number of aromatic carboxylic acids is 1. The van der Waals surface area contributed by atoms with Gasteiger partial charge in [0.05, 0.1) is 10.5 Å². The monoisotopic (exact) mass is 347 g/mol. The molecule has 104 valence electrons. The van der Waals surface area contributed by atoms with Gasteiger partial charge in [0.25, 0.3) is 0 Å². The van der Waals surface area contributed by atoms with E-state index in [2.05, 4.69) is 20.7 Å². The maximum atomic E-state index is 12.0. The number of allylic oxidation sites excluding steroid dienone is 1. The maximum Gasteiger partial charge on any atom is 0.336 e. The Hall–Kier alpha value is -1.18. The molecule has 0 aromatic heterocycles. The normalized spacial score (nSPS) is 11.1. The second-order valence-corrected chi connectivity index (χ2v) is 6.70. The van der Waals surface area contributed by atoms with Gasteiger partial charge in [-0.05, 0) is 48.0 Å². The van der Waals surface area contributed by atoms with Crippen LogP contribution in [0.2, 0.25) is 0 Å². The molecule has 0 fully saturated rings. The van der Waals surface area contributed by atoms with Crippen molar-refractivity contribution in [2.45, 2.75) is 18.7 Å². The molecule has 19 heavy (non-hydrogen) atoms. The lowest BCUT2D eigenvalue weighted by atomic mass is 10.2. The Morgan fingerprint density at radius 3 is 2.58 bits per heavy atom. The molecule has 0 atom stereocenters. The van der Waals surface area contributed by atoms with Crippen LogP contribution < -0.4 is 4.72 Å². The Balaban J connectivity index is 3.05. The van der Waals surface area contributed by atoms with E-state index in [0.29, 0.717) is 4.47 Å². The van der Waals surface area contributed by atoms with Crippen molar-refractivity contribution in [2.75, 3.05) is 6.54 Å². The fourth-order valence-corrected chi connectivity index (χ4v) is 2.68. The van der Waals surface area contributed by atoms with Crippen LogP contribution in [-0.4, -0.2) is 26.0 Å². The number of benzene rings is 1. The number of halogens is 1. The number of nitrogens with one attached hydrogen (secondary N) is 1. The van der Waals surface area contributed by atoms with Gasteiger partial charge < -0.3 is 5.11 Å². The van der Waals surface area contributed by atoms with Gasteiger partial charge >= 0.3 is 5.97 Å². The summed E-state index contributed by atoms with van der Waals surface area (Å²) in [6, 6.07) is 3.87. The van der Waals surface area contributed by atoms with E-state index in [1.54, 1.807) is 6.08 Å². The Bertz CT molecular complexity index is 619. The molecule has 1 rings (SSSR count). The molecule has 7 heteroatoms. The highest BCUT2D eigenvalue weighted by Crippen LogP contribution is 2.20. The predicted molar refractivity (Wildman–Crippen MR) is 75.7 cm³/mol. The molecule has 0 saturated heterocycles. The van der Waals surface area contributed by atoms with Gasteiger partial charge in [-0.2, -0.15) is 0 Å². The Labute approximate surface area is 120 Å². The first kappa shape index (κ1) is 15.9. The quantitative estimate of drug-likeness (QED) is 0.801. The fraction of sp³-hybridized carbons (Fsp3) is 0.250. The van der Waals surface area contributed by atoms with Crippen molar-refractivity contribution >= 4 is 31.9 Å². The van der Waals surface area contributed by atoms with Gasteiger partial charge in [0.15, 0.2) is 0 Å². The Kier molecular flexibility index (Phi) is 5.28. The maximum absolute atomic E-state index is 12.0. The topological polar surface area (TPSA) is 83.5 Å². The van der Waals surface area contributed by atoms with Crippen LogP contribution in [-0.2, 0) is 10.0 Å². The first-order valence-electron chi connectivity index (χ1n) is 5.40. The largest absolute Gasteiger partial charge is 0.478 e. The van der Waals surface area contributed by atoms with E-state index in [9.17, 15) is 13.2 Å². The predicted octanol–water partition coefficient (Wildman–Crippen LogP) is 2.39. The lowest BCUT2D eigenvalue weighted by Gasteiger charge is -2.07. The van der Waals surface area contributed by atoms with Gasteiger partial charge in [0.2, 0.25) is 10.0 Å². The van der Waals surface area contributed by atoms with Gasteiger partial charge in [-0.15, -0.1) is 0 Å². The number of hydrogen-bond donors (Lipinski definition) is 2. The van der Waals surface area contributed by atoms with Gasteiger partial charge in [0.1, 0.15) is 0 Å². The second kappa shape index (κ2) is 6.31. The summed E-state index contributed by atoms with van der Waals surface area (Å²) in [6.07, 6.45) is 1.73. The van der Waals surface area contributed by atoms with Gasteiger partial charge in [-0.3, -0.25) is 0 Å². The molecule has 1 aromatic rings. The third-order valence-corrected chi connectivity index (χ3v) is 4.37. The molecule has 0 spiro atoms. The number of rotatable bonds is 5. The lowest BCUT2D eigenvalue weighted by molar-refractivity contribution is 0.0695. The van der Waals surface area contributed by atoms with Crippen molar-refractivity contribution in [2.24, 2.45) is 0 Å². The third kappa shape index (κ3) is 4.45. The summed E-state index contributed by atoms with van der Waals surface area (Å²) in [4.78, 5) is 10.9. The van der Waals surface area contributed by atoms with Crippen LogP contribution in [0.4, 0.5) is 0 Å². The van der Waals surface area contributed by atoms with E-state index in [4.69, 9.17) is 5.11 Å². The summed E-state index contributed by atoms with van der Waals surface area (Å²) >= 11 is 3.06. The number of carboxylic acids is 1. The molecule has 0 bridgehead atoms. The number of carboxylic acid groups (broad SMARTS) is 1. The van der Waals surface area contributed by atoms with Crippen molar-refractivity contribution in [3.8, 4) is 0 Å². The van der Waals surface area contributed by atoms with E-state index in [-0.39, 0.29) is 17.0 Å². The Morgan fingerprint density at radius 2 is 2.05 bits per heavy atom. The highest BCUT2D eigenvalue weighted by molar-refractivity contribution is 9.10.